The molecular formula is C16H19N7S. The van der Waals surface area contributed by atoms with Crippen molar-refractivity contribution < 1.29 is 0 Å². The summed E-state index contributed by atoms with van der Waals surface area (Å²) in [7, 11) is 3.74. The number of benzene rings is 1. The van der Waals surface area contributed by atoms with Crippen LogP contribution in [0.3, 0.4) is 0 Å². The lowest BCUT2D eigenvalue weighted by atomic mass is 10.3. The molecule has 0 saturated carbocycles. The standard InChI is InChI=1S/C16H19N7S/c1-9-14(19-12-8-6-5-7-11(12)18-9)24-10(2)13-20-15(17)22-16(21-13)23(3)4/h5-8,10H,1-4H3,(H2,17,20,21,22)/t10-/m1/s1. The lowest BCUT2D eigenvalue weighted by Crippen LogP contribution is -2.16. The Morgan fingerprint density at radius 3 is 2.33 bits per heavy atom. The molecule has 0 aliphatic heterocycles. The van der Waals surface area contributed by atoms with E-state index in [1.165, 1.54) is 0 Å². The molecule has 3 rings (SSSR count). The van der Waals surface area contributed by atoms with Gasteiger partial charge in [-0.2, -0.15) is 15.0 Å². The molecule has 0 spiro atoms. The van der Waals surface area contributed by atoms with Crippen LogP contribution in [0.4, 0.5) is 11.9 Å². The molecule has 0 radical (unpaired) electrons. The molecule has 0 aliphatic carbocycles. The molecule has 1 atom stereocenters. The van der Waals surface area contributed by atoms with Crippen molar-refractivity contribution in [3.8, 4) is 0 Å². The Labute approximate surface area is 144 Å². The molecule has 0 aliphatic rings. The van der Waals surface area contributed by atoms with Crippen molar-refractivity contribution in [3.05, 3.63) is 35.8 Å². The van der Waals surface area contributed by atoms with E-state index < -0.39 is 0 Å². The molecule has 3 aromatic rings. The van der Waals surface area contributed by atoms with E-state index in [9.17, 15) is 0 Å². The number of aryl methyl sites for hydroxylation is 1. The van der Waals surface area contributed by atoms with Crippen molar-refractivity contribution in [1.82, 2.24) is 24.9 Å². The van der Waals surface area contributed by atoms with Crippen LogP contribution in [-0.4, -0.2) is 39.0 Å². The summed E-state index contributed by atoms with van der Waals surface area (Å²) < 4.78 is 0. The summed E-state index contributed by atoms with van der Waals surface area (Å²) in [4.78, 5) is 24.0. The number of thioether (sulfide) groups is 1. The number of hydrogen-bond donors (Lipinski definition) is 1. The molecule has 0 bridgehead atoms. The first-order valence-electron chi connectivity index (χ1n) is 7.53. The summed E-state index contributed by atoms with van der Waals surface area (Å²) in [6.07, 6.45) is 0. The maximum Gasteiger partial charge on any atom is 0.229 e. The summed E-state index contributed by atoms with van der Waals surface area (Å²) in [5.41, 5.74) is 8.47. The van der Waals surface area contributed by atoms with Crippen LogP contribution in [0.25, 0.3) is 11.0 Å². The van der Waals surface area contributed by atoms with Gasteiger partial charge in [0.1, 0.15) is 10.9 Å². The Morgan fingerprint density at radius 2 is 1.67 bits per heavy atom. The van der Waals surface area contributed by atoms with Gasteiger partial charge in [0, 0.05) is 14.1 Å². The van der Waals surface area contributed by atoms with Crippen molar-refractivity contribution in [1.29, 1.82) is 0 Å². The maximum absolute atomic E-state index is 5.81. The Bertz CT molecular complexity index is 881. The summed E-state index contributed by atoms with van der Waals surface area (Å²) in [6.45, 7) is 3.98. The zero-order chi connectivity index (χ0) is 17.3. The third kappa shape index (κ3) is 3.38. The third-order valence-corrected chi connectivity index (χ3v) is 4.59. The lowest BCUT2D eigenvalue weighted by Gasteiger charge is -2.15. The summed E-state index contributed by atoms with van der Waals surface area (Å²) in [6, 6.07) is 7.84. The van der Waals surface area contributed by atoms with E-state index in [0.717, 1.165) is 21.8 Å². The SMILES string of the molecule is Cc1nc2ccccc2nc1S[C@H](C)c1nc(N)nc(N(C)C)n1. The van der Waals surface area contributed by atoms with Gasteiger partial charge in [-0.1, -0.05) is 23.9 Å². The Kier molecular flexibility index (Phi) is 4.48. The summed E-state index contributed by atoms with van der Waals surface area (Å²) >= 11 is 1.57. The molecule has 124 valence electrons. The van der Waals surface area contributed by atoms with Crippen LogP contribution in [-0.2, 0) is 0 Å². The first-order valence-corrected chi connectivity index (χ1v) is 8.41. The van der Waals surface area contributed by atoms with Gasteiger partial charge in [0.05, 0.1) is 22.0 Å². The minimum absolute atomic E-state index is 0.0248. The quantitative estimate of drug-likeness (QED) is 0.724. The summed E-state index contributed by atoms with van der Waals surface area (Å²) in [5.74, 6) is 1.40. The molecule has 24 heavy (non-hydrogen) atoms. The van der Waals surface area contributed by atoms with Crippen LogP contribution >= 0.6 is 11.8 Å². The minimum Gasteiger partial charge on any atom is -0.368 e. The molecule has 0 fully saturated rings. The smallest absolute Gasteiger partial charge is 0.229 e. The largest absolute Gasteiger partial charge is 0.368 e. The number of anilines is 2. The van der Waals surface area contributed by atoms with Crippen molar-refractivity contribution in [2.45, 2.75) is 24.1 Å². The molecule has 0 unspecified atom stereocenters. The van der Waals surface area contributed by atoms with Gasteiger partial charge in [-0.25, -0.2) is 9.97 Å². The molecule has 0 saturated heterocycles. The number of hydrogen-bond acceptors (Lipinski definition) is 8. The fourth-order valence-corrected chi connectivity index (χ4v) is 3.10. The first kappa shape index (κ1) is 16.4. The highest BCUT2D eigenvalue weighted by Crippen LogP contribution is 2.34. The van der Waals surface area contributed by atoms with Crippen molar-refractivity contribution in [2.75, 3.05) is 24.7 Å². The van der Waals surface area contributed by atoms with Crippen LogP contribution in [0, 0.1) is 6.92 Å². The van der Waals surface area contributed by atoms with E-state index in [1.807, 2.05) is 52.2 Å². The van der Waals surface area contributed by atoms with E-state index in [0.29, 0.717) is 11.8 Å². The van der Waals surface area contributed by atoms with Gasteiger partial charge in [-0.05, 0) is 26.0 Å². The zero-order valence-corrected chi connectivity index (χ0v) is 14.9. The number of para-hydroxylation sites is 2. The van der Waals surface area contributed by atoms with Gasteiger partial charge in [0.2, 0.25) is 11.9 Å². The predicted molar refractivity (Wildman–Crippen MR) is 97.1 cm³/mol. The normalized spacial score (nSPS) is 12.3. The van der Waals surface area contributed by atoms with Crippen molar-refractivity contribution in [3.63, 3.8) is 0 Å². The summed E-state index contributed by atoms with van der Waals surface area (Å²) in [5, 5.41) is 0.842. The maximum atomic E-state index is 5.81. The van der Waals surface area contributed by atoms with Gasteiger partial charge in [0.15, 0.2) is 0 Å². The van der Waals surface area contributed by atoms with Crippen molar-refractivity contribution in [2.24, 2.45) is 0 Å². The highest BCUT2D eigenvalue weighted by atomic mass is 32.2. The Morgan fingerprint density at radius 1 is 1.00 bits per heavy atom. The number of fused-ring (bicyclic) bond motifs is 1. The fourth-order valence-electron chi connectivity index (χ4n) is 2.18. The highest BCUT2D eigenvalue weighted by Gasteiger charge is 2.17. The second-order valence-corrected chi connectivity index (χ2v) is 6.94. The van der Waals surface area contributed by atoms with E-state index >= 15 is 0 Å². The predicted octanol–water partition coefficient (Wildman–Crippen LogP) is 2.62. The van der Waals surface area contributed by atoms with Gasteiger partial charge in [-0.3, -0.25) is 0 Å². The second kappa shape index (κ2) is 6.56. The lowest BCUT2D eigenvalue weighted by molar-refractivity contribution is 0.862. The zero-order valence-electron chi connectivity index (χ0n) is 14.1. The molecule has 2 N–H and O–H groups in total. The second-order valence-electron chi connectivity index (χ2n) is 5.61. The highest BCUT2D eigenvalue weighted by molar-refractivity contribution is 7.99. The number of nitrogens with zero attached hydrogens (tertiary/aromatic N) is 6. The topological polar surface area (TPSA) is 93.7 Å². The average Bonchev–Trinajstić information content (AvgIpc) is 2.54. The third-order valence-electron chi connectivity index (χ3n) is 3.41. The van der Waals surface area contributed by atoms with Gasteiger partial charge in [0.25, 0.3) is 0 Å². The molecule has 2 aromatic heterocycles. The fraction of sp³-hybridized carbons (Fsp3) is 0.312. The number of aromatic nitrogens is 5. The van der Waals surface area contributed by atoms with Crippen LogP contribution in [0.15, 0.2) is 29.3 Å². The number of nitrogen functional groups attached to an aromatic ring is 1. The van der Waals surface area contributed by atoms with Crippen LogP contribution in [0.1, 0.15) is 23.7 Å². The molecule has 7 nitrogen and oxygen atoms in total. The Balaban J connectivity index is 1.92. The van der Waals surface area contributed by atoms with Crippen LogP contribution in [0.5, 0.6) is 0 Å². The van der Waals surface area contributed by atoms with Gasteiger partial charge in [-0.15, -0.1) is 0 Å². The molecular weight excluding hydrogens is 322 g/mol. The van der Waals surface area contributed by atoms with E-state index in [2.05, 4.69) is 19.9 Å². The average molecular weight is 341 g/mol. The monoisotopic (exact) mass is 341 g/mol. The Hall–Kier alpha value is -2.48. The van der Waals surface area contributed by atoms with Gasteiger partial charge >= 0.3 is 0 Å². The van der Waals surface area contributed by atoms with Crippen LogP contribution in [0.2, 0.25) is 0 Å². The van der Waals surface area contributed by atoms with Crippen molar-refractivity contribution >= 4 is 34.7 Å². The van der Waals surface area contributed by atoms with E-state index in [-0.39, 0.29) is 11.2 Å². The van der Waals surface area contributed by atoms with Crippen LogP contribution < -0.4 is 10.6 Å². The number of nitrogens with two attached hydrogens (primary N) is 1. The van der Waals surface area contributed by atoms with Gasteiger partial charge < -0.3 is 10.6 Å². The first-order chi connectivity index (χ1) is 11.4. The molecule has 2 heterocycles. The number of rotatable bonds is 4. The van der Waals surface area contributed by atoms with E-state index in [4.69, 9.17) is 10.7 Å². The minimum atomic E-state index is -0.0248. The molecule has 8 heteroatoms. The molecule has 1 aromatic carbocycles. The van der Waals surface area contributed by atoms with E-state index in [1.54, 1.807) is 16.7 Å². The molecule has 0 amide bonds.